The highest BCUT2D eigenvalue weighted by Gasteiger charge is 2.38. The van der Waals surface area contributed by atoms with Crippen molar-refractivity contribution in [3.05, 3.63) is 11.7 Å². The minimum absolute atomic E-state index is 0.309. The molecule has 1 unspecified atom stereocenters. The highest BCUT2D eigenvalue weighted by atomic mass is 16.5. The van der Waals surface area contributed by atoms with Crippen molar-refractivity contribution in [1.82, 2.24) is 15.5 Å². The zero-order valence-corrected chi connectivity index (χ0v) is 9.40. The third-order valence-electron chi connectivity index (χ3n) is 2.67. The van der Waals surface area contributed by atoms with Crippen LogP contribution >= 0.6 is 0 Å². The molecular weight excluding hydrogens is 210 g/mol. The molecule has 1 aromatic rings. The molecule has 0 saturated carbocycles. The Kier molecular flexibility index (Phi) is 3.52. The summed E-state index contributed by atoms with van der Waals surface area (Å²) in [5.41, 5.74) is -0.989. The summed E-state index contributed by atoms with van der Waals surface area (Å²) in [7, 11) is 0. The van der Waals surface area contributed by atoms with Gasteiger partial charge in [0.05, 0.1) is 6.61 Å². The SMILES string of the molecule is CCOCCc1noc(C2(O)CCNC2)n1. The number of aliphatic hydroxyl groups is 1. The van der Waals surface area contributed by atoms with Crippen LogP contribution in [0.1, 0.15) is 25.1 Å². The lowest BCUT2D eigenvalue weighted by Crippen LogP contribution is -2.28. The fourth-order valence-corrected chi connectivity index (χ4v) is 1.71. The van der Waals surface area contributed by atoms with Gasteiger partial charge >= 0.3 is 0 Å². The van der Waals surface area contributed by atoms with E-state index in [1.807, 2.05) is 6.92 Å². The number of ether oxygens (including phenoxy) is 1. The maximum atomic E-state index is 10.2. The van der Waals surface area contributed by atoms with E-state index in [0.717, 1.165) is 6.54 Å². The average Bonchev–Trinajstić information content (AvgIpc) is 2.88. The van der Waals surface area contributed by atoms with E-state index < -0.39 is 5.60 Å². The van der Waals surface area contributed by atoms with Crippen molar-refractivity contribution in [3.8, 4) is 0 Å². The highest BCUT2D eigenvalue weighted by molar-refractivity contribution is 5.03. The fraction of sp³-hybridized carbons (Fsp3) is 0.800. The number of aromatic nitrogens is 2. The lowest BCUT2D eigenvalue weighted by atomic mass is 10.0. The van der Waals surface area contributed by atoms with E-state index in [0.29, 0.717) is 44.3 Å². The van der Waals surface area contributed by atoms with E-state index >= 15 is 0 Å². The van der Waals surface area contributed by atoms with Crippen LogP contribution in [0.15, 0.2) is 4.52 Å². The van der Waals surface area contributed by atoms with E-state index in [4.69, 9.17) is 9.26 Å². The zero-order valence-electron chi connectivity index (χ0n) is 9.40. The maximum Gasteiger partial charge on any atom is 0.259 e. The monoisotopic (exact) mass is 227 g/mol. The van der Waals surface area contributed by atoms with Gasteiger partial charge in [0.1, 0.15) is 0 Å². The Hall–Kier alpha value is -0.980. The van der Waals surface area contributed by atoms with Gasteiger partial charge < -0.3 is 19.7 Å². The predicted octanol–water partition coefficient (Wildman–Crippen LogP) is -0.171. The van der Waals surface area contributed by atoms with Gasteiger partial charge in [-0.15, -0.1) is 0 Å². The second kappa shape index (κ2) is 4.90. The average molecular weight is 227 g/mol. The van der Waals surface area contributed by atoms with Crippen molar-refractivity contribution in [3.63, 3.8) is 0 Å². The maximum absolute atomic E-state index is 10.2. The molecule has 1 aliphatic heterocycles. The molecule has 6 nitrogen and oxygen atoms in total. The van der Waals surface area contributed by atoms with Crippen molar-refractivity contribution in [2.75, 3.05) is 26.3 Å². The number of rotatable bonds is 5. The van der Waals surface area contributed by atoms with Crippen LogP contribution in [-0.2, 0) is 16.8 Å². The van der Waals surface area contributed by atoms with Crippen molar-refractivity contribution >= 4 is 0 Å². The first kappa shape index (κ1) is 11.5. The summed E-state index contributed by atoms with van der Waals surface area (Å²) in [6, 6.07) is 0. The lowest BCUT2D eigenvalue weighted by Gasteiger charge is -2.14. The molecule has 0 aromatic carbocycles. The smallest absolute Gasteiger partial charge is 0.259 e. The molecule has 0 bridgehead atoms. The molecular formula is C10H17N3O3. The van der Waals surface area contributed by atoms with Crippen molar-refractivity contribution in [1.29, 1.82) is 0 Å². The van der Waals surface area contributed by atoms with Gasteiger partial charge in [0.2, 0.25) is 0 Å². The van der Waals surface area contributed by atoms with Gasteiger partial charge in [-0.1, -0.05) is 5.16 Å². The van der Waals surface area contributed by atoms with E-state index in [-0.39, 0.29) is 0 Å². The van der Waals surface area contributed by atoms with Gasteiger partial charge in [-0.05, 0) is 19.9 Å². The predicted molar refractivity (Wildman–Crippen MR) is 55.9 cm³/mol. The van der Waals surface area contributed by atoms with E-state index in [9.17, 15) is 5.11 Å². The first-order valence-electron chi connectivity index (χ1n) is 5.58. The summed E-state index contributed by atoms with van der Waals surface area (Å²) in [5.74, 6) is 0.896. The molecule has 0 radical (unpaired) electrons. The number of nitrogens with zero attached hydrogens (tertiary/aromatic N) is 2. The van der Waals surface area contributed by atoms with E-state index in [1.54, 1.807) is 0 Å². The molecule has 0 amide bonds. The number of β-amino-alcohol motifs (C(OH)–C–C–N with tert-alkyl or cyclic N) is 1. The molecule has 1 fully saturated rings. The molecule has 1 saturated heterocycles. The van der Waals surface area contributed by atoms with Crippen LogP contribution in [0.25, 0.3) is 0 Å². The Morgan fingerprint density at radius 1 is 1.62 bits per heavy atom. The minimum Gasteiger partial charge on any atom is -0.381 e. The molecule has 0 aliphatic carbocycles. The van der Waals surface area contributed by atoms with Crippen LogP contribution in [-0.4, -0.2) is 41.6 Å². The molecule has 90 valence electrons. The first-order chi connectivity index (χ1) is 7.74. The van der Waals surface area contributed by atoms with Crippen LogP contribution in [0, 0.1) is 0 Å². The third-order valence-corrected chi connectivity index (χ3v) is 2.67. The Morgan fingerprint density at radius 2 is 2.50 bits per heavy atom. The van der Waals surface area contributed by atoms with Crippen LogP contribution in [0.5, 0.6) is 0 Å². The summed E-state index contributed by atoms with van der Waals surface area (Å²) >= 11 is 0. The van der Waals surface area contributed by atoms with Gasteiger partial charge in [-0.25, -0.2) is 0 Å². The van der Waals surface area contributed by atoms with Gasteiger partial charge in [0.15, 0.2) is 11.4 Å². The van der Waals surface area contributed by atoms with Crippen molar-refractivity contribution in [2.24, 2.45) is 0 Å². The van der Waals surface area contributed by atoms with Gasteiger partial charge in [0.25, 0.3) is 5.89 Å². The summed E-state index contributed by atoms with van der Waals surface area (Å²) < 4.78 is 10.3. The Bertz CT molecular complexity index is 334. The number of nitrogens with one attached hydrogen (secondary N) is 1. The Balaban J connectivity index is 1.96. The van der Waals surface area contributed by atoms with Crippen LogP contribution in [0.2, 0.25) is 0 Å². The van der Waals surface area contributed by atoms with Crippen molar-refractivity contribution < 1.29 is 14.4 Å². The molecule has 1 aliphatic rings. The Labute approximate surface area is 94.0 Å². The summed E-state index contributed by atoms with van der Waals surface area (Å²) in [6.07, 6.45) is 1.22. The largest absolute Gasteiger partial charge is 0.381 e. The fourth-order valence-electron chi connectivity index (χ4n) is 1.71. The molecule has 2 rings (SSSR count). The second-order valence-electron chi connectivity index (χ2n) is 3.92. The van der Waals surface area contributed by atoms with Crippen LogP contribution in [0.3, 0.4) is 0 Å². The van der Waals surface area contributed by atoms with Crippen molar-refractivity contribution in [2.45, 2.75) is 25.4 Å². The van der Waals surface area contributed by atoms with E-state index in [2.05, 4.69) is 15.5 Å². The molecule has 1 atom stereocenters. The minimum atomic E-state index is -0.989. The van der Waals surface area contributed by atoms with E-state index in [1.165, 1.54) is 0 Å². The molecule has 0 spiro atoms. The standard InChI is InChI=1S/C10H17N3O3/c1-2-15-6-3-8-12-9(16-13-8)10(14)4-5-11-7-10/h11,14H,2-7H2,1H3. The number of hydrogen-bond donors (Lipinski definition) is 2. The van der Waals surface area contributed by atoms with Crippen LogP contribution < -0.4 is 5.32 Å². The second-order valence-corrected chi connectivity index (χ2v) is 3.92. The molecule has 16 heavy (non-hydrogen) atoms. The summed E-state index contributed by atoms with van der Waals surface area (Å²) in [6.45, 7) is 4.44. The first-order valence-corrected chi connectivity index (χ1v) is 5.58. The lowest BCUT2D eigenvalue weighted by molar-refractivity contribution is 0.0243. The Morgan fingerprint density at radius 3 is 3.19 bits per heavy atom. The molecule has 1 aromatic heterocycles. The van der Waals surface area contributed by atoms with Gasteiger partial charge in [0, 0.05) is 19.6 Å². The molecule has 6 heteroatoms. The van der Waals surface area contributed by atoms with Gasteiger partial charge in [-0.3, -0.25) is 0 Å². The summed E-state index contributed by atoms with van der Waals surface area (Å²) in [4.78, 5) is 4.19. The highest BCUT2D eigenvalue weighted by Crippen LogP contribution is 2.25. The molecule has 2 N–H and O–H groups in total. The molecule has 2 heterocycles. The normalized spacial score (nSPS) is 25.1. The van der Waals surface area contributed by atoms with Gasteiger partial charge in [-0.2, -0.15) is 4.98 Å². The third kappa shape index (κ3) is 2.40. The summed E-state index contributed by atoms with van der Waals surface area (Å²) in [5, 5.41) is 17.1. The topological polar surface area (TPSA) is 80.4 Å². The van der Waals surface area contributed by atoms with Crippen LogP contribution in [0.4, 0.5) is 0 Å². The quantitative estimate of drug-likeness (QED) is 0.680. The zero-order chi connectivity index (χ0) is 11.4. The number of hydrogen-bond acceptors (Lipinski definition) is 6.